The number of benzene rings is 1. The van der Waals surface area contributed by atoms with Crippen molar-refractivity contribution in [1.29, 1.82) is 0 Å². The average Bonchev–Trinajstić information content (AvgIpc) is 2.54. The van der Waals surface area contributed by atoms with Crippen molar-refractivity contribution in [1.82, 2.24) is 15.4 Å². The van der Waals surface area contributed by atoms with Gasteiger partial charge in [-0.15, -0.1) is 0 Å². The summed E-state index contributed by atoms with van der Waals surface area (Å²) in [6.45, 7) is 5.35. The molecule has 0 fully saturated rings. The van der Waals surface area contributed by atoms with Gasteiger partial charge >= 0.3 is 6.09 Å². The molecule has 4 N–H and O–H groups in total. The molecule has 0 saturated carbocycles. The third kappa shape index (κ3) is 5.74. The predicted molar refractivity (Wildman–Crippen MR) is 90.1 cm³/mol. The molecule has 0 unspecified atom stereocenters. The van der Waals surface area contributed by atoms with E-state index in [-0.39, 0.29) is 11.6 Å². The predicted octanol–water partition coefficient (Wildman–Crippen LogP) is 2.22. The van der Waals surface area contributed by atoms with E-state index >= 15 is 0 Å². The third-order valence-corrected chi connectivity index (χ3v) is 2.73. The minimum absolute atomic E-state index is 0.0794. The lowest BCUT2D eigenvalue weighted by Crippen LogP contribution is -2.30. The number of nitrogens with zero attached hydrogens (tertiary/aromatic N) is 2. The molecule has 0 saturated heterocycles. The van der Waals surface area contributed by atoms with Gasteiger partial charge in [0.05, 0.1) is 0 Å². The zero-order chi connectivity index (χ0) is 18.4. The highest BCUT2D eigenvalue weighted by Crippen LogP contribution is 2.22. The smallest absolute Gasteiger partial charge is 0.412 e. The number of nitrogen functional groups attached to an aromatic ring is 1. The van der Waals surface area contributed by atoms with E-state index < -0.39 is 17.6 Å². The number of nitrogens with two attached hydrogens (primary N) is 1. The second-order valence-corrected chi connectivity index (χ2v) is 5.97. The highest BCUT2D eigenvalue weighted by atomic mass is 16.6. The molecule has 9 nitrogen and oxygen atoms in total. The van der Waals surface area contributed by atoms with E-state index in [4.69, 9.17) is 15.3 Å². The average molecular weight is 345 g/mol. The molecule has 0 bridgehead atoms. The Morgan fingerprint density at radius 1 is 1.12 bits per heavy atom. The number of carbonyl (C=O) groups excluding carboxylic acids is 2. The summed E-state index contributed by atoms with van der Waals surface area (Å²) in [5.74, 6) is 5.15. The maximum Gasteiger partial charge on any atom is 0.412 e. The van der Waals surface area contributed by atoms with Crippen LogP contribution >= 0.6 is 0 Å². The fraction of sp³-hybridized carbons (Fsp3) is 0.250. The zero-order valence-corrected chi connectivity index (χ0v) is 14.1. The number of carbonyl (C=O) groups is 2. The Labute approximate surface area is 144 Å². The largest absolute Gasteiger partial charge is 0.444 e. The van der Waals surface area contributed by atoms with E-state index in [1.807, 2.05) is 5.43 Å². The summed E-state index contributed by atoms with van der Waals surface area (Å²) in [6.07, 6.45) is 0.646. The molecular weight excluding hydrogens is 326 g/mol. The second kappa shape index (κ2) is 7.58. The van der Waals surface area contributed by atoms with E-state index in [1.54, 1.807) is 45.0 Å². The van der Waals surface area contributed by atoms with Crippen LogP contribution in [-0.4, -0.2) is 27.6 Å². The molecule has 2 rings (SSSR count). The number of hydrogen-bond acceptors (Lipinski definition) is 7. The first-order chi connectivity index (χ1) is 11.8. The maximum absolute atomic E-state index is 11.7. The summed E-state index contributed by atoms with van der Waals surface area (Å²) >= 11 is 0. The number of aromatic nitrogens is 2. The number of amides is 2. The zero-order valence-electron chi connectivity index (χ0n) is 14.1. The molecule has 9 heteroatoms. The summed E-state index contributed by atoms with van der Waals surface area (Å²) in [6, 6.07) is 7.92. The quantitative estimate of drug-likeness (QED) is 0.440. The van der Waals surface area contributed by atoms with E-state index in [9.17, 15) is 9.59 Å². The van der Waals surface area contributed by atoms with Crippen molar-refractivity contribution < 1.29 is 19.1 Å². The number of rotatable bonds is 4. The number of ether oxygens (including phenoxy) is 2. The topological polar surface area (TPSA) is 128 Å². The van der Waals surface area contributed by atoms with Crippen LogP contribution in [0.4, 0.5) is 10.5 Å². The molecule has 1 heterocycles. The summed E-state index contributed by atoms with van der Waals surface area (Å²) in [5.41, 5.74) is 2.03. The van der Waals surface area contributed by atoms with Gasteiger partial charge in [-0.1, -0.05) is 0 Å². The summed E-state index contributed by atoms with van der Waals surface area (Å²) < 4.78 is 10.7. The van der Waals surface area contributed by atoms with Gasteiger partial charge in [0, 0.05) is 11.8 Å². The monoisotopic (exact) mass is 345 g/mol. The summed E-state index contributed by atoms with van der Waals surface area (Å²) in [4.78, 5) is 30.8. The van der Waals surface area contributed by atoms with Crippen molar-refractivity contribution in [3.05, 3.63) is 42.4 Å². The molecule has 0 aliphatic heterocycles. The molecule has 132 valence electrons. The molecule has 0 aliphatic carbocycles. The van der Waals surface area contributed by atoms with Gasteiger partial charge in [-0.25, -0.2) is 20.6 Å². The van der Waals surface area contributed by atoms with Gasteiger partial charge in [-0.2, -0.15) is 0 Å². The van der Waals surface area contributed by atoms with Crippen LogP contribution in [0.1, 0.15) is 31.3 Å². The van der Waals surface area contributed by atoms with Crippen LogP contribution < -0.4 is 21.3 Å². The van der Waals surface area contributed by atoms with Crippen LogP contribution in [0.5, 0.6) is 11.6 Å². The molecule has 2 amide bonds. The molecule has 25 heavy (non-hydrogen) atoms. The summed E-state index contributed by atoms with van der Waals surface area (Å²) in [5, 5.41) is 2.61. The summed E-state index contributed by atoms with van der Waals surface area (Å²) in [7, 11) is 0. The third-order valence-electron chi connectivity index (χ3n) is 2.73. The van der Waals surface area contributed by atoms with E-state index in [2.05, 4.69) is 15.3 Å². The number of anilines is 1. The van der Waals surface area contributed by atoms with Crippen molar-refractivity contribution in [3.8, 4) is 11.6 Å². The Morgan fingerprint density at radius 2 is 1.80 bits per heavy atom. The lowest BCUT2D eigenvalue weighted by Gasteiger charge is -2.19. The molecule has 2 aromatic rings. The van der Waals surface area contributed by atoms with E-state index in [0.29, 0.717) is 11.4 Å². The first kappa shape index (κ1) is 18.1. The highest BCUT2D eigenvalue weighted by molar-refractivity contribution is 5.91. The Morgan fingerprint density at radius 3 is 2.40 bits per heavy atom. The van der Waals surface area contributed by atoms with E-state index in [1.165, 1.54) is 12.4 Å². The Balaban J connectivity index is 2.01. The minimum atomic E-state index is -0.576. The Bertz CT molecular complexity index is 756. The van der Waals surface area contributed by atoms with Crippen molar-refractivity contribution in [2.75, 3.05) is 5.32 Å². The van der Waals surface area contributed by atoms with Crippen LogP contribution in [0, 0.1) is 0 Å². The van der Waals surface area contributed by atoms with Crippen molar-refractivity contribution >= 4 is 17.7 Å². The van der Waals surface area contributed by atoms with Crippen molar-refractivity contribution in [2.24, 2.45) is 5.84 Å². The van der Waals surface area contributed by atoms with Gasteiger partial charge in [0.25, 0.3) is 5.91 Å². The first-order valence-corrected chi connectivity index (χ1v) is 7.38. The maximum atomic E-state index is 11.7. The van der Waals surface area contributed by atoms with Crippen LogP contribution in [0.3, 0.4) is 0 Å². The van der Waals surface area contributed by atoms with Crippen LogP contribution in [0.2, 0.25) is 0 Å². The molecule has 0 radical (unpaired) electrons. The van der Waals surface area contributed by atoms with Gasteiger partial charge in [-0.05, 0) is 45.0 Å². The normalized spacial score (nSPS) is 10.7. The first-order valence-electron chi connectivity index (χ1n) is 7.38. The van der Waals surface area contributed by atoms with Crippen LogP contribution in [0.25, 0.3) is 0 Å². The van der Waals surface area contributed by atoms with E-state index in [0.717, 1.165) is 0 Å². The minimum Gasteiger partial charge on any atom is -0.444 e. The van der Waals surface area contributed by atoms with Gasteiger partial charge in [-0.3, -0.25) is 15.5 Å². The standard InChI is InChI=1S/C16H19N5O4/c1-16(2,3)25-15(23)20-10-4-6-11(7-5-10)24-13-8-12(14(22)21-17)18-9-19-13/h4-9H,17H2,1-3H3,(H,20,23)(H,21,22). The Kier molecular flexibility index (Phi) is 5.50. The number of hydrazine groups is 1. The molecule has 1 aromatic carbocycles. The molecular formula is C16H19N5O4. The van der Waals surface area contributed by atoms with Gasteiger partial charge in [0.2, 0.25) is 5.88 Å². The SMILES string of the molecule is CC(C)(C)OC(=O)Nc1ccc(Oc2cc(C(=O)NN)ncn2)cc1. The van der Waals surface area contributed by atoms with Crippen LogP contribution in [0.15, 0.2) is 36.7 Å². The van der Waals surface area contributed by atoms with Crippen LogP contribution in [-0.2, 0) is 4.74 Å². The second-order valence-electron chi connectivity index (χ2n) is 5.97. The lowest BCUT2D eigenvalue weighted by atomic mass is 10.2. The molecule has 0 aliphatic rings. The van der Waals surface area contributed by atoms with Crippen molar-refractivity contribution in [2.45, 2.75) is 26.4 Å². The van der Waals surface area contributed by atoms with Gasteiger partial charge in [0.15, 0.2) is 0 Å². The molecule has 1 aromatic heterocycles. The van der Waals surface area contributed by atoms with Gasteiger partial charge < -0.3 is 9.47 Å². The Hall–Kier alpha value is -3.20. The number of nitrogens with one attached hydrogen (secondary N) is 2. The van der Waals surface area contributed by atoms with Gasteiger partial charge in [0.1, 0.15) is 23.4 Å². The number of hydrogen-bond donors (Lipinski definition) is 3. The highest BCUT2D eigenvalue weighted by Gasteiger charge is 2.16. The van der Waals surface area contributed by atoms with Crippen molar-refractivity contribution in [3.63, 3.8) is 0 Å². The molecule has 0 spiro atoms. The molecule has 0 atom stereocenters. The fourth-order valence-corrected chi connectivity index (χ4v) is 1.74. The lowest BCUT2D eigenvalue weighted by molar-refractivity contribution is 0.0635. The fourth-order valence-electron chi connectivity index (χ4n) is 1.74.